The highest BCUT2D eigenvalue weighted by molar-refractivity contribution is 6.37. The van der Waals surface area contributed by atoms with Gasteiger partial charge in [-0.1, -0.05) is 23.2 Å². The normalized spacial score (nSPS) is 10.5. The summed E-state index contributed by atoms with van der Waals surface area (Å²) in [5.74, 6) is 5.91. The third kappa shape index (κ3) is 4.41. The van der Waals surface area contributed by atoms with Gasteiger partial charge in [-0.2, -0.15) is 0 Å². The zero-order valence-corrected chi connectivity index (χ0v) is 12.5. The molecule has 106 valence electrons. The molecule has 0 radical (unpaired) electrons. The Labute approximate surface area is 122 Å². The lowest BCUT2D eigenvalue weighted by Gasteiger charge is -2.20. The van der Waals surface area contributed by atoms with Crippen molar-refractivity contribution in [2.24, 2.45) is 5.84 Å². The zero-order valence-electron chi connectivity index (χ0n) is 11.0. The fraction of sp³-hybridized carbons (Fsp3) is 0.455. The number of carbonyl (C=O) groups excluding carboxylic acids is 1. The molecule has 19 heavy (non-hydrogen) atoms. The van der Waals surface area contributed by atoms with E-state index in [2.05, 4.69) is 15.7 Å². The third-order valence-electron chi connectivity index (χ3n) is 2.24. The van der Waals surface area contributed by atoms with E-state index in [-0.39, 0.29) is 18.5 Å². The maximum absolute atomic E-state index is 11.7. The Kier molecular flexibility index (Phi) is 5.65. The Morgan fingerprint density at radius 2 is 2.11 bits per heavy atom. The molecule has 0 bridgehead atoms. The van der Waals surface area contributed by atoms with Gasteiger partial charge in [0.15, 0.2) is 5.82 Å². The lowest BCUT2D eigenvalue weighted by molar-refractivity contribution is -0.120. The Morgan fingerprint density at radius 3 is 2.63 bits per heavy atom. The number of amides is 1. The number of halogens is 2. The molecule has 0 aliphatic rings. The molecule has 4 N–H and O–H groups in total. The largest absolute Gasteiger partial charge is 0.352 e. The number of anilines is 2. The van der Waals surface area contributed by atoms with Crippen molar-refractivity contribution in [3.63, 3.8) is 0 Å². The number of hydrazine groups is 1. The van der Waals surface area contributed by atoms with Crippen molar-refractivity contribution in [1.29, 1.82) is 0 Å². The SMILES string of the molecule is CC(C)NC(=O)CN(C)c1nc(NN)c(Cl)cc1Cl. The first-order chi connectivity index (χ1) is 8.85. The standard InChI is InChI=1S/C11H17Cl2N5O/c1-6(2)15-9(19)5-18(3)11-8(13)4-7(12)10(16-11)17-14/h4,6H,5,14H2,1-3H3,(H,15,19)(H,16,17). The topological polar surface area (TPSA) is 83.3 Å². The van der Waals surface area contributed by atoms with Gasteiger partial charge < -0.3 is 15.6 Å². The van der Waals surface area contributed by atoms with E-state index in [4.69, 9.17) is 29.0 Å². The molecule has 1 heterocycles. The predicted octanol–water partition coefficient (Wildman–Crippen LogP) is 1.63. The van der Waals surface area contributed by atoms with Crippen molar-refractivity contribution < 1.29 is 4.79 Å². The van der Waals surface area contributed by atoms with Gasteiger partial charge in [0.1, 0.15) is 5.82 Å². The number of aromatic nitrogens is 1. The number of rotatable bonds is 5. The summed E-state index contributed by atoms with van der Waals surface area (Å²) in [7, 11) is 1.71. The minimum absolute atomic E-state index is 0.0795. The smallest absolute Gasteiger partial charge is 0.239 e. The molecule has 0 saturated heterocycles. The summed E-state index contributed by atoms with van der Waals surface area (Å²) in [6.07, 6.45) is 0. The molecular weight excluding hydrogens is 289 g/mol. The van der Waals surface area contributed by atoms with E-state index in [9.17, 15) is 4.79 Å². The van der Waals surface area contributed by atoms with Crippen molar-refractivity contribution in [2.45, 2.75) is 19.9 Å². The number of nitrogens with zero attached hydrogens (tertiary/aromatic N) is 2. The van der Waals surface area contributed by atoms with Crippen LogP contribution in [0.4, 0.5) is 11.6 Å². The number of pyridine rings is 1. The molecule has 0 unspecified atom stereocenters. The van der Waals surface area contributed by atoms with E-state index in [0.29, 0.717) is 21.7 Å². The lowest BCUT2D eigenvalue weighted by Crippen LogP contribution is -2.39. The van der Waals surface area contributed by atoms with Crippen LogP contribution in [0, 0.1) is 0 Å². The monoisotopic (exact) mass is 305 g/mol. The summed E-state index contributed by atoms with van der Waals surface area (Å²) >= 11 is 11.9. The lowest BCUT2D eigenvalue weighted by atomic mass is 10.3. The molecule has 0 fully saturated rings. The molecule has 1 rings (SSSR count). The van der Waals surface area contributed by atoms with Crippen LogP contribution in [-0.2, 0) is 4.79 Å². The number of nitrogens with two attached hydrogens (primary N) is 1. The highest BCUT2D eigenvalue weighted by atomic mass is 35.5. The van der Waals surface area contributed by atoms with Crippen molar-refractivity contribution >= 4 is 40.7 Å². The van der Waals surface area contributed by atoms with Crippen LogP contribution in [-0.4, -0.2) is 30.5 Å². The summed E-state index contributed by atoms with van der Waals surface area (Å²) in [4.78, 5) is 17.5. The number of nitrogens with one attached hydrogen (secondary N) is 2. The van der Waals surface area contributed by atoms with Crippen LogP contribution >= 0.6 is 23.2 Å². The van der Waals surface area contributed by atoms with Crippen molar-refractivity contribution in [2.75, 3.05) is 23.9 Å². The molecule has 0 saturated carbocycles. The number of hydrogen-bond acceptors (Lipinski definition) is 5. The van der Waals surface area contributed by atoms with Crippen LogP contribution in [0.3, 0.4) is 0 Å². The van der Waals surface area contributed by atoms with Gasteiger partial charge in [-0.3, -0.25) is 4.79 Å². The molecule has 0 atom stereocenters. The summed E-state index contributed by atoms with van der Waals surface area (Å²) in [6, 6.07) is 1.60. The Hall–Kier alpha value is -1.24. The van der Waals surface area contributed by atoms with Crippen molar-refractivity contribution in [1.82, 2.24) is 10.3 Å². The molecule has 0 spiro atoms. The van der Waals surface area contributed by atoms with Gasteiger partial charge in [0.05, 0.1) is 16.6 Å². The molecule has 0 aliphatic carbocycles. The zero-order chi connectivity index (χ0) is 14.6. The molecular formula is C11H17Cl2N5O. The minimum Gasteiger partial charge on any atom is -0.352 e. The van der Waals surface area contributed by atoms with E-state index >= 15 is 0 Å². The van der Waals surface area contributed by atoms with E-state index in [1.165, 1.54) is 6.07 Å². The fourth-order valence-electron chi connectivity index (χ4n) is 1.48. The van der Waals surface area contributed by atoms with Gasteiger partial charge in [-0.25, -0.2) is 10.8 Å². The average molecular weight is 306 g/mol. The first kappa shape index (κ1) is 15.8. The van der Waals surface area contributed by atoms with Crippen LogP contribution in [0.2, 0.25) is 10.0 Å². The van der Waals surface area contributed by atoms with Gasteiger partial charge in [0.2, 0.25) is 5.91 Å². The molecule has 0 aliphatic heterocycles. The second kappa shape index (κ2) is 6.79. The van der Waals surface area contributed by atoms with Gasteiger partial charge >= 0.3 is 0 Å². The Balaban J connectivity index is 2.87. The molecule has 1 amide bonds. The predicted molar refractivity (Wildman–Crippen MR) is 78.6 cm³/mol. The number of hydrogen-bond donors (Lipinski definition) is 3. The van der Waals surface area contributed by atoms with Gasteiger partial charge in [-0.05, 0) is 19.9 Å². The van der Waals surface area contributed by atoms with Gasteiger partial charge in [0.25, 0.3) is 0 Å². The fourth-order valence-corrected chi connectivity index (χ4v) is 2.04. The van der Waals surface area contributed by atoms with Crippen LogP contribution in [0.15, 0.2) is 6.07 Å². The molecule has 8 heteroatoms. The Bertz CT molecular complexity index is 467. The summed E-state index contributed by atoms with van der Waals surface area (Å²) in [5, 5.41) is 3.45. The second-order valence-corrected chi connectivity index (χ2v) is 5.16. The summed E-state index contributed by atoms with van der Waals surface area (Å²) in [5.41, 5.74) is 2.37. The number of carbonyl (C=O) groups is 1. The van der Waals surface area contributed by atoms with Crippen molar-refractivity contribution in [3.05, 3.63) is 16.1 Å². The second-order valence-electron chi connectivity index (χ2n) is 4.35. The van der Waals surface area contributed by atoms with E-state index in [1.807, 2.05) is 13.8 Å². The van der Waals surface area contributed by atoms with Crippen LogP contribution in [0.5, 0.6) is 0 Å². The van der Waals surface area contributed by atoms with Crippen LogP contribution in [0.1, 0.15) is 13.8 Å². The number of nitrogen functional groups attached to an aromatic ring is 1. The molecule has 0 aromatic carbocycles. The molecule has 1 aromatic heterocycles. The van der Waals surface area contributed by atoms with Gasteiger partial charge in [-0.15, -0.1) is 0 Å². The quantitative estimate of drug-likeness (QED) is 0.569. The first-order valence-electron chi connectivity index (χ1n) is 5.68. The maximum atomic E-state index is 11.7. The van der Waals surface area contributed by atoms with Crippen LogP contribution < -0.4 is 21.5 Å². The van der Waals surface area contributed by atoms with Crippen molar-refractivity contribution in [3.8, 4) is 0 Å². The highest BCUT2D eigenvalue weighted by Gasteiger charge is 2.15. The van der Waals surface area contributed by atoms with E-state index in [1.54, 1.807) is 11.9 Å². The van der Waals surface area contributed by atoms with E-state index < -0.39 is 0 Å². The first-order valence-corrected chi connectivity index (χ1v) is 6.44. The van der Waals surface area contributed by atoms with Gasteiger partial charge in [0, 0.05) is 13.1 Å². The molecule has 1 aromatic rings. The van der Waals surface area contributed by atoms with E-state index in [0.717, 1.165) is 0 Å². The molecule has 6 nitrogen and oxygen atoms in total. The third-order valence-corrected chi connectivity index (χ3v) is 2.81. The minimum atomic E-state index is -0.118. The highest BCUT2D eigenvalue weighted by Crippen LogP contribution is 2.30. The average Bonchev–Trinajstić information content (AvgIpc) is 2.27. The Morgan fingerprint density at radius 1 is 1.47 bits per heavy atom. The number of likely N-dealkylation sites (N-methyl/N-ethyl adjacent to an activating group) is 1. The van der Waals surface area contributed by atoms with Crippen LogP contribution in [0.25, 0.3) is 0 Å². The summed E-state index contributed by atoms with van der Waals surface area (Å²) < 4.78 is 0. The summed E-state index contributed by atoms with van der Waals surface area (Å²) in [6.45, 7) is 3.92. The maximum Gasteiger partial charge on any atom is 0.239 e.